The van der Waals surface area contributed by atoms with E-state index >= 15 is 0 Å². The Morgan fingerprint density at radius 3 is 2.07 bits per heavy atom. The standard InChI is InChI=1S/C23H18BF4NO/c25-18-11-12-20(26)19(13-18)24-29-15-22(27,28)14-21(29)23(30-24,16-7-3-1-4-8-16)17-9-5-2-6-10-17/h1-13,21H,14-15H2/t21-/m0/s1. The van der Waals surface area contributed by atoms with Crippen molar-refractivity contribution in [1.82, 2.24) is 4.81 Å². The molecule has 2 heterocycles. The normalized spacial score (nSPS) is 22.3. The van der Waals surface area contributed by atoms with Crippen LogP contribution in [0.2, 0.25) is 0 Å². The molecule has 2 nitrogen and oxygen atoms in total. The molecule has 3 aromatic carbocycles. The molecule has 2 fully saturated rings. The minimum Gasteiger partial charge on any atom is -0.402 e. The Kier molecular flexibility index (Phi) is 4.49. The van der Waals surface area contributed by atoms with Crippen molar-refractivity contribution < 1.29 is 22.2 Å². The van der Waals surface area contributed by atoms with Crippen LogP contribution in [0, 0.1) is 11.6 Å². The van der Waals surface area contributed by atoms with Crippen molar-refractivity contribution >= 4 is 12.5 Å². The zero-order valence-electron chi connectivity index (χ0n) is 15.9. The lowest BCUT2D eigenvalue weighted by atomic mass is 9.71. The summed E-state index contributed by atoms with van der Waals surface area (Å²) in [5.74, 6) is -4.30. The fourth-order valence-corrected chi connectivity index (χ4v) is 4.79. The van der Waals surface area contributed by atoms with Gasteiger partial charge in [0.1, 0.15) is 17.2 Å². The number of halogens is 4. The molecule has 2 aliphatic heterocycles. The van der Waals surface area contributed by atoms with E-state index in [9.17, 15) is 17.6 Å². The van der Waals surface area contributed by atoms with Gasteiger partial charge >= 0.3 is 7.05 Å². The monoisotopic (exact) mass is 411 g/mol. The summed E-state index contributed by atoms with van der Waals surface area (Å²) in [7, 11) is -1.14. The average molecular weight is 411 g/mol. The van der Waals surface area contributed by atoms with Crippen molar-refractivity contribution in [2.24, 2.45) is 0 Å². The zero-order chi connectivity index (χ0) is 20.9. The van der Waals surface area contributed by atoms with Crippen molar-refractivity contribution in [3.05, 3.63) is 102 Å². The molecule has 0 aromatic heterocycles. The van der Waals surface area contributed by atoms with Gasteiger partial charge in [-0.1, -0.05) is 60.7 Å². The van der Waals surface area contributed by atoms with Crippen LogP contribution in [0.4, 0.5) is 17.6 Å². The summed E-state index contributed by atoms with van der Waals surface area (Å²) in [6.07, 6.45) is -0.440. The molecule has 0 unspecified atom stereocenters. The topological polar surface area (TPSA) is 12.5 Å². The van der Waals surface area contributed by atoms with Gasteiger partial charge in [0, 0.05) is 17.9 Å². The summed E-state index contributed by atoms with van der Waals surface area (Å²) in [6.45, 7) is -0.584. The van der Waals surface area contributed by atoms with Gasteiger partial charge in [-0.3, -0.25) is 0 Å². The summed E-state index contributed by atoms with van der Waals surface area (Å²) >= 11 is 0. The van der Waals surface area contributed by atoms with Crippen LogP contribution >= 0.6 is 0 Å². The van der Waals surface area contributed by atoms with Gasteiger partial charge < -0.3 is 9.47 Å². The van der Waals surface area contributed by atoms with Crippen LogP contribution in [0.1, 0.15) is 17.5 Å². The van der Waals surface area contributed by atoms with Gasteiger partial charge in [-0.25, -0.2) is 17.6 Å². The fourth-order valence-electron chi connectivity index (χ4n) is 4.79. The number of nitrogens with zero attached hydrogens (tertiary/aromatic N) is 1. The van der Waals surface area contributed by atoms with Crippen molar-refractivity contribution in [2.75, 3.05) is 6.54 Å². The molecule has 3 aromatic rings. The Labute approximate surface area is 172 Å². The number of alkyl halides is 2. The molecule has 152 valence electrons. The van der Waals surface area contributed by atoms with E-state index in [1.165, 1.54) is 4.81 Å². The minimum atomic E-state index is -2.97. The van der Waals surface area contributed by atoms with Crippen LogP contribution in [0.25, 0.3) is 0 Å². The van der Waals surface area contributed by atoms with E-state index < -0.39 is 49.2 Å². The molecule has 0 radical (unpaired) electrons. The summed E-state index contributed by atoms with van der Waals surface area (Å²) < 4.78 is 64.4. The maximum Gasteiger partial charge on any atom is 0.423 e. The predicted molar refractivity (Wildman–Crippen MR) is 107 cm³/mol. The van der Waals surface area contributed by atoms with Gasteiger partial charge in [-0.15, -0.1) is 0 Å². The fraction of sp³-hybridized carbons (Fsp3) is 0.217. The van der Waals surface area contributed by atoms with Crippen LogP contribution in [0.3, 0.4) is 0 Å². The first-order valence-corrected chi connectivity index (χ1v) is 9.78. The third-order valence-corrected chi connectivity index (χ3v) is 6.00. The quantitative estimate of drug-likeness (QED) is 0.470. The Balaban J connectivity index is 1.74. The third-order valence-electron chi connectivity index (χ3n) is 6.00. The Morgan fingerprint density at radius 2 is 1.47 bits per heavy atom. The number of fused-ring (bicyclic) bond motifs is 1. The highest BCUT2D eigenvalue weighted by atomic mass is 19.3. The molecule has 30 heavy (non-hydrogen) atoms. The molecule has 0 amide bonds. The van der Waals surface area contributed by atoms with Gasteiger partial charge in [0.15, 0.2) is 0 Å². The molecular formula is C23H18BF4NO. The Bertz CT molecular complexity index is 1020. The zero-order valence-corrected chi connectivity index (χ0v) is 15.9. The molecule has 7 heteroatoms. The number of hydrogen-bond donors (Lipinski definition) is 0. The van der Waals surface area contributed by atoms with E-state index in [-0.39, 0.29) is 5.46 Å². The van der Waals surface area contributed by atoms with E-state index in [4.69, 9.17) is 4.65 Å². The average Bonchev–Trinajstić information content (AvgIpc) is 3.23. The largest absolute Gasteiger partial charge is 0.423 e. The molecule has 0 bridgehead atoms. The van der Waals surface area contributed by atoms with E-state index in [0.29, 0.717) is 11.1 Å². The summed E-state index contributed by atoms with van der Waals surface area (Å²) in [4.78, 5) is 1.47. The van der Waals surface area contributed by atoms with E-state index in [0.717, 1.165) is 18.2 Å². The lowest BCUT2D eigenvalue weighted by molar-refractivity contribution is 0.00330. The summed E-state index contributed by atoms with van der Waals surface area (Å²) in [5, 5.41) is 0. The lowest BCUT2D eigenvalue weighted by Crippen LogP contribution is -2.48. The number of benzene rings is 3. The smallest absolute Gasteiger partial charge is 0.402 e. The highest BCUT2D eigenvalue weighted by molar-refractivity contribution is 6.65. The number of rotatable bonds is 3. The van der Waals surface area contributed by atoms with Crippen LogP contribution in [0.15, 0.2) is 78.9 Å². The molecule has 2 aliphatic rings. The van der Waals surface area contributed by atoms with Gasteiger partial charge in [-0.2, -0.15) is 0 Å². The molecule has 0 spiro atoms. The highest BCUT2D eigenvalue weighted by Gasteiger charge is 2.65. The third kappa shape index (κ3) is 2.96. The SMILES string of the molecule is Fc1ccc(F)c(B2OC(c3ccccc3)(c3ccccc3)[C@@H]3CC(F)(F)CN23)c1. The van der Waals surface area contributed by atoms with E-state index in [2.05, 4.69) is 0 Å². The molecule has 1 atom stereocenters. The molecule has 2 saturated heterocycles. The van der Waals surface area contributed by atoms with Crippen LogP contribution in [0.5, 0.6) is 0 Å². The van der Waals surface area contributed by atoms with Gasteiger partial charge in [0.25, 0.3) is 5.92 Å². The van der Waals surface area contributed by atoms with Crippen molar-refractivity contribution in [3.8, 4) is 0 Å². The maximum atomic E-state index is 14.7. The molecular weight excluding hydrogens is 393 g/mol. The van der Waals surface area contributed by atoms with Gasteiger partial charge in [0.2, 0.25) is 0 Å². The minimum absolute atomic E-state index is 0.0774. The van der Waals surface area contributed by atoms with Crippen molar-refractivity contribution in [1.29, 1.82) is 0 Å². The lowest BCUT2D eigenvalue weighted by Gasteiger charge is -2.36. The van der Waals surface area contributed by atoms with Crippen molar-refractivity contribution in [3.63, 3.8) is 0 Å². The first-order valence-electron chi connectivity index (χ1n) is 9.78. The van der Waals surface area contributed by atoms with Crippen LogP contribution < -0.4 is 5.46 Å². The molecule has 0 N–H and O–H groups in total. The Morgan fingerprint density at radius 1 is 0.867 bits per heavy atom. The highest BCUT2D eigenvalue weighted by Crippen LogP contribution is 2.52. The van der Waals surface area contributed by atoms with Gasteiger partial charge in [0.05, 0.1) is 6.54 Å². The number of hydrogen-bond acceptors (Lipinski definition) is 2. The van der Waals surface area contributed by atoms with E-state index in [1.54, 1.807) is 0 Å². The Hall–Kier alpha value is -2.64. The van der Waals surface area contributed by atoms with Crippen LogP contribution in [-0.4, -0.2) is 30.4 Å². The van der Waals surface area contributed by atoms with Gasteiger partial charge in [-0.05, 0) is 29.3 Å². The second-order valence-corrected chi connectivity index (χ2v) is 7.85. The molecule has 0 aliphatic carbocycles. The first kappa shape index (κ1) is 19.3. The first-order chi connectivity index (χ1) is 14.4. The summed E-state index contributed by atoms with van der Waals surface area (Å²) in [6, 6.07) is 20.5. The second-order valence-electron chi connectivity index (χ2n) is 7.85. The van der Waals surface area contributed by atoms with Crippen LogP contribution in [-0.2, 0) is 10.3 Å². The second kappa shape index (κ2) is 6.96. The predicted octanol–water partition coefficient (Wildman–Crippen LogP) is 4.34. The molecule has 0 saturated carbocycles. The maximum absolute atomic E-state index is 14.7. The molecule has 5 rings (SSSR count). The van der Waals surface area contributed by atoms with Crippen molar-refractivity contribution in [2.45, 2.75) is 24.0 Å². The van der Waals surface area contributed by atoms with E-state index in [1.807, 2.05) is 60.7 Å². The summed E-state index contributed by atoms with van der Waals surface area (Å²) in [5.41, 5.74) is 0.0733.